The number of unbranched alkanes of at least 4 members (excludes halogenated alkanes) is 4. The molecule has 108 heavy (non-hydrogen) atoms. The van der Waals surface area contributed by atoms with Crippen molar-refractivity contribution < 1.29 is 57.3 Å². The summed E-state index contributed by atoms with van der Waals surface area (Å²) in [5.74, 6) is -0.0170. The summed E-state index contributed by atoms with van der Waals surface area (Å²) in [6, 6.07) is 43.5. The summed E-state index contributed by atoms with van der Waals surface area (Å²) in [7, 11) is 0. The van der Waals surface area contributed by atoms with Crippen molar-refractivity contribution in [2.24, 2.45) is 0 Å². The number of anilines is 8. The van der Waals surface area contributed by atoms with Crippen LogP contribution in [0.2, 0.25) is 0 Å². The third-order valence-electron chi connectivity index (χ3n) is 17.2. The van der Waals surface area contributed by atoms with E-state index in [2.05, 4.69) is 70.2 Å². The molecule has 0 fully saturated rings. The van der Waals surface area contributed by atoms with Gasteiger partial charge in [0.25, 0.3) is 0 Å². The van der Waals surface area contributed by atoms with E-state index in [1.54, 1.807) is 121 Å². The maximum absolute atomic E-state index is 14.0. The van der Waals surface area contributed by atoms with Gasteiger partial charge in [0, 0.05) is 123 Å². The molecule has 0 saturated heterocycles. The normalized spacial score (nSPS) is 11.8. The lowest BCUT2D eigenvalue weighted by Crippen LogP contribution is -2.12. The number of amides is 8. The van der Waals surface area contributed by atoms with Gasteiger partial charge in [0.05, 0.1) is 26.4 Å². The van der Waals surface area contributed by atoms with E-state index in [0.29, 0.717) is 117 Å². The first-order chi connectivity index (χ1) is 52.2. The van der Waals surface area contributed by atoms with Gasteiger partial charge in [-0.2, -0.15) is 0 Å². The van der Waals surface area contributed by atoms with Gasteiger partial charge in [-0.15, -0.1) is 0 Å². The lowest BCUT2D eigenvalue weighted by Gasteiger charge is -2.24. The van der Waals surface area contributed by atoms with Crippen molar-refractivity contribution in [3.05, 3.63) is 237 Å². The summed E-state index contributed by atoms with van der Waals surface area (Å²) in [6.45, 7) is 15.6. The van der Waals surface area contributed by atoms with Gasteiger partial charge in [0.2, 0.25) is 47.3 Å². The van der Waals surface area contributed by atoms with Crippen LogP contribution in [0.1, 0.15) is 174 Å². The molecule has 1 aliphatic carbocycles. The Morgan fingerprint density at radius 2 is 0.426 bits per heavy atom. The van der Waals surface area contributed by atoms with Gasteiger partial charge in [0.15, 0.2) is 0 Å². The topological polar surface area (TPSA) is 270 Å². The molecule has 0 atom stereocenters. The highest BCUT2D eigenvalue weighted by Crippen LogP contribution is 2.42. The zero-order valence-corrected chi connectivity index (χ0v) is 62.7. The van der Waals surface area contributed by atoms with E-state index in [1.165, 1.54) is 52.0 Å². The Balaban J connectivity index is 1.29. The molecule has 0 saturated carbocycles. The molecule has 9 rings (SSSR count). The maximum Gasteiger partial charge on any atom is 0.248 e. The van der Waals surface area contributed by atoms with Crippen LogP contribution in [0.15, 0.2) is 170 Å². The van der Waals surface area contributed by atoms with Crippen molar-refractivity contribution in [2.75, 3.05) is 69.0 Å². The zero-order valence-electron chi connectivity index (χ0n) is 62.7. The average Bonchev–Trinajstić information content (AvgIpc) is 0.773. The van der Waals surface area contributed by atoms with E-state index < -0.39 is 23.6 Å². The minimum Gasteiger partial charge on any atom is -0.493 e. The number of carbonyl (C=O) groups is 8. The standard InChI is InChI=1S/C88H96N8O12/c1-9-13-41-105-85-65-45-61(17-37-81(101)93-77-29-21-73(22-30-77)89-57(5)97)46-66(85)54-68-48-63(19-39-83(103)95-79-33-25-75(26-34-79)91-59(7)99)50-70(87(68)107-43-15-11-3)56-72-52-64(20-40-84(104)96-80-35-27-76(28-36-80)92-60(8)100)51-71(88(72)108-44-16-12-4)55-69-49-62(47-67(53-65)86(69)106-42-14-10-2)18-38-82(102)94-78-31-23-74(24-32-78)90-58(6)98/h17-40,45-52H,9-16,41-44,53-56H2,1-8H3,(H,89,97)(H,90,98)(H,91,99)(H,92,100)(H,93,101)(H,94,102)(H,95,103)(H,96,104)/b37-17+,38-18+,39-19+,40-20?. The van der Waals surface area contributed by atoms with Crippen LogP contribution in [0.25, 0.3) is 24.3 Å². The molecule has 8 N–H and O–H groups in total. The SMILES string of the molecule is CCCCOc1c2cc(C=CC(=O)Nc3ccc(NC(C)=O)cc3)cc1Cc1cc(/C=C/C(=O)Nc3ccc(NC(C)=O)cc3)cc(c1OCCCC)Cc1cc(/C=C/C(=O)Nc3ccc(NC(C)=O)cc3)cc(c1OCCCC)Cc1cc(/C=C/C(=O)Nc3ccc(NC(C)=O)cc3)cc(c1OCCCC)C2. The quantitative estimate of drug-likeness (QED) is 0.0144. The van der Waals surface area contributed by atoms with Crippen LogP contribution >= 0.6 is 0 Å². The number of fused-ring (bicyclic) bond motifs is 8. The second-order valence-corrected chi connectivity index (χ2v) is 26.5. The molecule has 0 aromatic heterocycles. The summed E-state index contributed by atoms with van der Waals surface area (Å²) in [5.41, 5.74) is 13.2. The molecule has 20 heteroatoms. The van der Waals surface area contributed by atoms with E-state index in [-0.39, 0.29) is 49.3 Å². The van der Waals surface area contributed by atoms with Crippen LogP contribution in [-0.2, 0) is 64.0 Å². The lowest BCUT2D eigenvalue weighted by atomic mass is 9.88. The fourth-order valence-corrected chi connectivity index (χ4v) is 12.2. The molecule has 20 nitrogen and oxygen atoms in total. The van der Waals surface area contributed by atoms with E-state index in [0.717, 1.165) is 95.9 Å². The number of carbonyl (C=O) groups excluding carboxylic acids is 8. The summed E-state index contributed by atoms with van der Waals surface area (Å²) in [6.07, 6.45) is 20.2. The Hall–Kier alpha value is -12.3. The first kappa shape index (κ1) is 79.8. The van der Waals surface area contributed by atoms with Gasteiger partial charge in [-0.3, -0.25) is 38.4 Å². The molecule has 8 aromatic rings. The Morgan fingerprint density at radius 1 is 0.269 bits per heavy atom. The molecular weight excluding hydrogens is 1360 g/mol. The van der Waals surface area contributed by atoms with Gasteiger partial charge < -0.3 is 61.5 Å². The van der Waals surface area contributed by atoms with Crippen LogP contribution in [0, 0.1) is 0 Å². The summed E-state index contributed by atoms with van der Waals surface area (Å²) in [4.78, 5) is 104. The third kappa shape index (κ3) is 24.9. The number of nitrogens with one attached hydrogen (secondary N) is 8. The monoisotopic (exact) mass is 1460 g/mol. The largest absolute Gasteiger partial charge is 0.493 e. The van der Waals surface area contributed by atoms with Crippen LogP contribution in [0.5, 0.6) is 23.0 Å². The highest BCUT2D eigenvalue weighted by molar-refractivity contribution is 6.05. The fourth-order valence-electron chi connectivity index (χ4n) is 12.2. The van der Waals surface area contributed by atoms with Crippen LogP contribution < -0.4 is 61.5 Å². The summed E-state index contributed by atoms with van der Waals surface area (Å²) >= 11 is 0. The zero-order chi connectivity index (χ0) is 76.9. The Morgan fingerprint density at radius 3 is 0.574 bits per heavy atom. The van der Waals surface area contributed by atoms with E-state index in [9.17, 15) is 38.4 Å². The number of rotatable bonds is 32. The van der Waals surface area contributed by atoms with Crippen molar-refractivity contribution in [3.8, 4) is 23.0 Å². The van der Waals surface area contributed by atoms with Crippen molar-refractivity contribution in [1.29, 1.82) is 0 Å². The number of hydrogen-bond donors (Lipinski definition) is 8. The molecule has 0 spiro atoms. The summed E-state index contributed by atoms with van der Waals surface area (Å²) < 4.78 is 28.4. The highest BCUT2D eigenvalue weighted by atomic mass is 16.5. The predicted molar refractivity (Wildman–Crippen MR) is 432 cm³/mol. The number of hydrogen-bond acceptors (Lipinski definition) is 12. The second-order valence-electron chi connectivity index (χ2n) is 26.5. The Kier molecular flexibility index (Phi) is 29.7. The van der Waals surface area contributed by atoms with Gasteiger partial charge in [0.1, 0.15) is 23.0 Å². The molecule has 8 aromatic carbocycles. The van der Waals surface area contributed by atoms with Crippen LogP contribution in [0.4, 0.5) is 45.5 Å². The molecule has 0 unspecified atom stereocenters. The van der Waals surface area contributed by atoms with Gasteiger partial charge >= 0.3 is 0 Å². The van der Waals surface area contributed by atoms with Crippen LogP contribution in [-0.4, -0.2) is 73.7 Å². The second kappa shape index (κ2) is 40.2. The number of benzene rings is 8. The smallest absolute Gasteiger partial charge is 0.248 e. The first-order valence-electron chi connectivity index (χ1n) is 36.8. The lowest BCUT2D eigenvalue weighted by molar-refractivity contribution is -0.115. The fraction of sp³-hybridized carbons (Fsp3) is 0.273. The average molecular weight is 1460 g/mol. The van der Waals surface area contributed by atoms with Gasteiger partial charge in [-0.05, 0) is 262 Å². The van der Waals surface area contributed by atoms with Crippen molar-refractivity contribution in [2.45, 2.75) is 132 Å². The Bertz CT molecular complexity index is 3970. The van der Waals surface area contributed by atoms with Gasteiger partial charge in [-0.25, -0.2) is 0 Å². The molecule has 0 heterocycles. The van der Waals surface area contributed by atoms with Gasteiger partial charge in [-0.1, -0.05) is 53.4 Å². The van der Waals surface area contributed by atoms with Crippen molar-refractivity contribution in [3.63, 3.8) is 0 Å². The minimum atomic E-state index is -0.402. The molecule has 1 aliphatic rings. The summed E-state index contributed by atoms with van der Waals surface area (Å²) in [5, 5.41) is 22.9. The third-order valence-corrected chi connectivity index (χ3v) is 17.2. The number of ether oxygens (including phenoxy) is 4. The minimum absolute atomic E-state index is 0.221. The molecule has 8 amide bonds. The molecule has 8 bridgehead atoms. The molecular formula is C88H96N8O12. The Labute approximate surface area is 632 Å². The molecule has 0 radical (unpaired) electrons. The van der Waals surface area contributed by atoms with E-state index in [1.807, 2.05) is 48.5 Å². The molecule has 0 aliphatic heterocycles. The van der Waals surface area contributed by atoms with Crippen LogP contribution in [0.3, 0.4) is 0 Å². The van der Waals surface area contributed by atoms with Crippen molar-refractivity contribution in [1.82, 2.24) is 0 Å². The van der Waals surface area contributed by atoms with E-state index in [4.69, 9.17) is 18.9 Å². The van der Waals surface area contributed by atoms with E-state index >= 15 is 0 Å². The molecule has 560 valence electrons. The maximum atomic E-state index is 14.0. The van der Waals surface area contributed by atoms with Crippen molar-refractivity contribution >= 4 is 117 Å². The predicted octanol–water partition coefficient (Wildman–Crippen LogP) is 17.5. The highest BCUT2D eigenvalue weighted by Gasteiger charge is 2.25. The first-order valence-corrected chi connectivity index (χ1v) is 36.8.